The van der Waals surface area contributed by atoms with Gasteiger partial charge in [-0.05, 0) is 36.2 Å². The first-order valence-electron chi connectivity index (χ1n) is 6.56. The fourth-order valence-electron chi connectivity index (χ4n) is 1.91. The van der Waals surface area contributed by atoms with Crippen LogP contribution in [0.4, 0.5) is 0 Å². The van der Waals surface area contributed by atoms with E-state index >= 15 is 0 Å². The number of halogens is 2. The molecule has 0 heterocycles. The Kier molecular flexibility index (Phi) is 5.72. The minimum absolute atomic E-state index is 0.615. The zero-order chi connectivity index (χ0) is 14.4. The smallest absolute Gasteiger partial charge is 0.137 e. The molecule has 4 heteroatoms. The summed E-state index contributed by atoms with van der Waals surface area (Å²) in [7, 11) is 0. The first kappa shape index (κ1) is 15.2. The summed E-state index contributed by atoms with van der Waals surface area (Å²) in [6, 6.07) is 13.7. The van der Waals surface area contributed by atoms with E-state index in [4.69, 9.17) is 27.9 Å². The largest absolute Gasteiger partial charge is 0.492 e. The summed E-state index contributed by atoms with van der Waals surface area (Å²) in [6.07, 6.45) is 0. The van der Waals surface area contributed by atoms with E-state index in [1.165, 1.54) is 0 Å². The second kappa shape index (κ2) is 7.53. The van der Waals surface area contributed by atoms with Gasteiger partial charge in [0.15, 0.2) is 0 Å². The van der Waals surface area contributed by atoms with Gasteiger partial charge in [0.25, 0.3) is 0 Å². The van der Waals surface area contributed by atoms with Crippen LogP contribution in [0.15, 0.2) is 42.5 Å². The van der Waals surface area contributed by atoms with Crippen LogP contribution in [0, 0.1) is 0 Å². The molecule has 0 atom stereocenters. The van der Waals surface area contributed by atoms with Gasteiger partial charge < -0.3 is 10.1 Å². The van der Waals surface area contributed by atoms with Crippen LogP contribution in [0.25, 0.3) is 0 Å². The molecule has 2 aromatic rings. The summed E-state index contributed by atoms with van der Waals surface area (Å²) in [6.45, 7) is 4.01. The molecule has 0 aliphatic carbocycles. The standard InChI is InChI=1S/C16H17Cl2NO/c1-2-20-16-8-7-12(9-15(16)18)10-19-11-13-5-3-4-6-14(13)17/h3-9,19H,2,10-11H2,1H3. The Balaban J connectivity index is 1.91. The van der Waals surface area contributed by atoms with Crippen LogP contribution < -0.4 is 10.1 Å². The van der Waals surface area contributed by atoms with Crippen molar-refractivity contribution in [2.45, 2.75) is 20.0 Å². The zero-order valence-electron chi connectivity index (χ0n) is 11.3. The molecule has 0 aromatic heterocycles. The summed E-state index contributed by atoms with van der Waals surface area (Å²) in [4.78, 5) is 0. The molecule has 2 rings (SSSR count). The van der Waals surface area contributed by atoms with Crippen molar-refractivity contribution >= 4 is 23.2 Å². The summed E-state index contributed by atoms with van der Waals surface area (Å²) in [5, 5.41) is 4.78. The third-order valence-corrected chi connectivity index (χ3v) is 3.56. The quantitative estimate of drug-likeness (QED) is 0.836. The lowest BCUT2D eigenvalue weighted by molar-refractivity contribution is 0.340. The molecule has 0 aliphatic heterocycles. The van der Waals surface area contributed by atoms with Gasteiger partial charge in [-0.3, -0.25) is 0 Å². The van der Waals surface area contributed by atoms with Gasteiger partial charge in [-0.25, -0.2) is 0 Å². The Bertz CT molecular complexity index is 572. The van der Waals surface area contributed by atoms with Gasteiger partial charge >= 0.3 is 0 Å². The van der Waals surface area contributed by atoms with Crippen molar-refractivity contribution < 1.29 is 4.74 Å². The lowest BCUT2D eigenvalue weighted by atomic mass is 10.2. The number of rotatable bonds is 6. The molecular formula is C16H17Cl2NO. The SMILES string of the molecule is CCOc1ccc(CNCc2ccccc2Cl)cc1Cl. The first-order valence-corrected chi connectivity index (χ1v) is 7.31. The van der Waals surface area contributed by atoms with E-state index in [1.807, 2.05) is 49.4 Å². The molecule has 0 spiro atoms. The van der Waals surface area contributed by atoms with Crippen molar-refractivity contribution in [3.8, 4) is 5.75 Å². The fourth-order valence-corrected chi connectivity index (χ4v) is 2.37. The molecule has 1 N–H and O–H groups in total. The maximum absolute atomic E-state index is 6.16. The van der Waals surface area contributed by atoms with Crippen LogP contribution in [-0.4, -0.2) is 6.61 Å². The van der Waals surface area contributed by atoms with Gasteiger partial charge in [0.1, 0.15) is 5.75 Å². The number of benzene rings is 2. The highest BCUT2D eigenvalue weighted by atomic mass is 35.5. The number of nitrogens with one attached hydrogen (secondary N) is 1. The Labute approximate surface area is 129 Å². The zero-order valence-corrected chi connectivity index (χ0v) is 12.8. The van der Waals surface area contributed by atoms with Gasteiger partial charge in [0, 0.05) is 18.1 Å². The molecule has 106 valence electrons. The van der Waals surface area contributed by atoms with E-state index in [0.717, 1.165) is 35.0 Å². The molecular weight excluding hydrogens is 293 g/mol. The van der Waals surface area contributed by atoms with E-state index in [-0.39, 0.29) is 0 Å². The van der Waals surface area contributed by atoms with Gasteiger partial charge in [-0.1, -0.05) is 47.5 Å². The summed E-state index contributed by atoms with van der Waals surface area (Å²) in [5.41, 5.74) is 2.21. The molecule has 2 nitrogen and oxygen atoms in total. The molecule has 0 saturated carbocycles. The van der Waals surface area contributed by atoms with Crippen LogP contribution in [0.1, 0.15) is 18.1 Å². The summed E-state index contributed by atoms with van der Waals surface area (Å²) < 4.78 is 5.41. The van der Waals surface area contributed by atoms with E-state index < -0.39 is 0 Å². The van der Waals surface area contributed by atoms with Crippen LogP contribution in [0.2, 0.25) is 10.0 Å². The fraction of sp³-hybridized carbons (Fsp3) is 0.250. The number of hydrogen-bond acceptors (Lipinski definition) is 2. The second-order valence-electron chi connectivity index (χ2n) is 4.39. The summed E-state index contributed by atoms with van der Waals surface area (Å²) in [5.74, 6) is 0.726. The van der Waals surface area contributed by atoms with Crippen LogP contribution in [-0.2, 0) is 13.1 Å². The lowest BCUT2D eigenvalue weighted by Crippen LogP contribution is -2.13. The van der Waals surface area contributed by atoms with Crippen molar-refractivity contribution in [3.05, 3.63) is 63.6 Å². The molecule has 0 amide bonds. The Morgan fingerprint density at radius 1 is 1.00 bits per heavy atom. The number of hydrogen-bond donors (Lipinski definition) is 1. The molecule has 0 bridgehead atoms. The monoisotopic (exact) mass is 309 g/mol. The van der Waals surface area contributed by atoms with Gasteiger partial charge in [-0.2, -0.15) is 0 Å². The van der Waals surface area contributed by atoms with Crippen molar-refractivity contribution in [2.75, 3.05) is 6.61 Å². The molecule has 2 aromatic carbocycles. The van der Waals surface area contributed by atoms with E-state index in [0.29, 0.717) is 11.6 Å². The molecule has 0 unspecified atom stereocenters. The van der Waals surface area contributed by atoms with Crippen molar-refractivity contribution in [1.29, 1.82) is 0 Å². The van der Waals surface area contributed by atoms with Crippen LogP contribution >= 0.6 is 23.2 Å². The highest BCUT2D eigenvalue weighted by Gasteiger charge is 2.03. The molecule has 0 saturated heterocycles. The Hall–Kier alpha value is -1.22. The van der Waals surface area contributed by atoms with Gasteiger partial charge in [0.2, 0.25) is 0 Å². The van der Waals surface area contributed by atoms with Crippen molar-refractivity contribution in [3.63, 3.8) is 0 Å². The molecule has 0 radical (unpaired) electrons. The highest BCUT2D eigenvalue weighted by Crippen LogP contribution is 2.25. The first-order chi connectivity index (χ1) is 9.70. The maximum Gasteiger partial charge on any atom is 0.137 e. The average Bonchev–Trinajstić information content (AvgIpc) is 2.44. The van der Waals surface area contributed by atoms with E-state index in [2.05, 4.69) is 5.32 Å². The maximum atomic E-state index is 6.16. The third kappa shape index (κ3) is 4.14. The number of ether oxygens (including phenoxy) is 1. The van der Waals surface area contributed by atoms with Gasteiger partial charge in [-0.15, -0.1) is 0 Å². The van der Waals surface area contributed by atoms with E-state index in [9.17, 15) is 0 Å². The minimum Gasteiger partial charge on any atom is -0.492 e. The van der Waals surface area contributed by atoms with E-state index in [1.54, 1.807) is 0 Å². The predicted molar refractivity (Wildman–Crippen MR) is 84.6 cm³/mol. The third-order valence-electron chi connectivity index (χ3n) is 2.90. The topological polar surface area (TPSA) is 21.3 Å². The molecule has 0 fully saturated rings. The lowest BCUT2D eigenvalue weighted by Gasteiger charge is -2.09. The van der Waals surface area contributed by atoms with Crippen molar-refractivity contribution in [1.82, 2.24) is 5.32 Å². The minimum atomic E-state index is 0.615. The average molecular weight is 310 g/mol. The second-order valence-corrected chi connectivity index (χ2v) is 5.21. The van der Waals surface area contributed by atoms with Crippen LogP contribution in [0.5, 0.6) is 5.75 Å². The molecule has 20 heavy (non-hydrogen) atoms. The van der Waals surface area contributed by atoms with Gasteiger partial charge in [0.05, 0.1) is 11.6 Å². The Morgan fingerprint density at radius 2 is 1.80 bits per heavy atom. The summed E-state index contributed by atoms with van der Waals surface area (Å²) >= 11 is 12.3. The normalized spacial score (nSPS) is 10.6. The highest BCUT2D eigenvalue weighted by molar-refractivity contribution is 6.32. The predicted octanol–water partition coefficient (Wildman–Crippen LogP) is 4.68. The molecule has 0 aliphatic rings. The Morgan fingerprint density at radius 3 is 2.50 bits per heavy atom. The van der Waals surface area contributed by atoms with Crippen molar-refractivity contribution in [2.24, 2.45) is 0 Å². The van der Waals surface area contributed by atoms with Crippen LogP contribution in [0.3, 0.4) is 0 Å².